The Balaban J connectivity index is 2.81. The molecule has 2 atom stereocenters. The van der Waals surface area contributed by atoms with Crippen LogP contribution in [0, 0.1) is 0 Å². The van der Waals surface area contributed by atoms with E-state index >= 15 is 0 Å². The smallest absolute Gasteiger partial charge is 0.0595 e. The lowest BCUT2D eigenvalue weighted by atomic mass is 9.92. The van der Waals surface area contributed by atoms with Gasteiger partial charge < -0.3 is 11.5 Å². The number of hydrogen-bond donors (Lipinski definition) is 2. The van der Waals surface area contributed by atoms with Gasteiger partial charge >= 0.3 is 0 Å². The van der Waals surface area contributed by atoms with Crippen LogP contribution in [0.3, 0.4) is 0 Å². The van der Waals surface area contributed by atoms with Crippen molar-refractivity contribution in [2.75, 3.05) is 6.54 Å². The van der Waals surface area contributed by atoms with Gasteiger partial charge in [-0.15, -0.1) is 0 Å². The molecule has 15 heavy (non-hydrogen) atoms. The molecule has 1 aromatic rings. The van der Waals surface area contributed by atoms with Crippen LogP contribution in [0.15, 0.2) is 18.2 Å². The summed E-state index contributed by atoms with van der Waals surface area (Å²) in [5.41, 5.74) is 12.6. The molecule has 0 bridgehead atoms. The van der Waals surface area contributed by atoms with Crippen molar-refractivity contribution in [3.8, 4) is 0 Å². The molecule has 0 saturated heterocycles. The first kappa shape index (κ1) is 12.8. The highest BCUT2D eigenvalue weighted by Gasteiger charge is 2.14. The number of rotatable bonds is 4. The minimum absolute atomic E-state index is 0.0623. The van der Waals surface area contributed by atoms with Gasteiger partial charge in [-0.2, -0.15) is 0 Å². The zero-order chi connectivity index (χ0) is 11.4. The third kappa shape index (κ3) is 3.35. The Morgan fingerprint density at radius 1 is 1.27 bits per heavy atom. The van der Waals surface area contributed by atoms with Gasteiger partial charge in [0.05, 0.1) is 10.0 Å². The second-order valence-electron chi connectivity index (χ2n) is 3.70. The van der Waals surface area contributed by atoms with Crippen molar-refractivity contribution >= 4 is 23.2 Å². The molecular formula is C11H16Cl2N2. The molecule has 1 rings (SSSR count). The predicted molar refractivity (Wildman–Crippen MR) is 66.5 cm³/mol. The maximum Gasteiger partial charge on any atom is 0.0595 e. The molecule has 0 amide bonds. The van der Waals surface area contributed by atoms with Gasteiger partial charge in [0.15, 0.2) is 0 Å². The molecule has 0 aliphatic carbocycles. The van der Waals surface area contributed by atoms with Crippen molar-refractivity contribution in [1.82, 2.24) is 0 Å². The molecule has 0 aliphatic heterocycles. The van der Waals surface area contributed by atoms with Crippen LogP contribution in [0.2, 0.25) is 10.0 Å². The van der Waals surface area contributed by atoms with Gasteiger partial charge in [-0.25, -0.2) is 0 Å². The van der Waals surface area contributed by atoms with E-state index in [1.54, 1.807) is 6.07 Å². The highest BCUT2D eigenvalue weighted by Crippen LogP contribution is 2.27. The molecule has 2 nitrogen and oxygen atoms in total. The Kier molecular flexibility index (Phi) is 4.87. The molecule has 4 heteroatoms. The fourth-order valence-electron chi connectivity index (χ4n) is 1.49. The van der Waals surface area contributed by atoms with E-state index in [4.69, 9.17) is 34.7 Å². The lowest BCUT2D eigenvalue weighted by Crippen LogP contribution is -2.29. The van der Waals surface area contributed by atoms with E-state index in [9.17, 15) is 0 Å². The van der Waals surface area contributed by atoms with Gasteiger partial charge in [0.1, 0.15) is 0 Å². The molecule has 0 fully saturated rings. The summed E-state index contributed by atoms with van der Waals surface area (Å²) < 4.78 is 0. The van der Waals surface area contributed by atoms with Gasteiger partial charge in [-0.05, 0) is 36.6 Å². The Morgan fingerprint density at radius 3 is 2.47 bits per heavy atom. The molecule has 84 valence electrons. The van der Waals surface area contributed by atoms with E-state index in [1.165, 1.54) is 0 Å². The van der Waals surface area contributed by atoms with Gasteiger partial charge in [-0.3, -0.25) is 0 Å². The fourth-order valence-corrected chi connectivity index (χ4v) is 1.79. The van der Waals surface area contributed by atoms with Gasteiger partial charge in [0, 0.05) is 6.04 Å². The molecule has 0 spiro atoms. The van der Waals surface area contributed by atoms with E-state index in [0.29, 0.717) is 16.6 Å². The summed E-state index contributed by atoms with van der Waals surface area (Å²) in [5.74, 6) is 0.239. The van der Waals surface area contributed by atoms with Crippen molar-refractivity contribution < 1.29 is 0 Å². The zero-order valence-electron chi connectivity index (χ0n) is 8.71. The maximum absolute atomic E-state index is 5.99. The molecule has 0 aromatic heterocycles. The monoisotopic (exact) mass is 246 g/mol. The largest absolute Gasteiger partial charge is 0.330 e. The van der Waals surface area contributed by atoms with Crippen LogP contribution < -0.4 is 11.5 Å². The van der Waals surface area contributed by atoms with Crippen LogP contribution in [-0.4, -0.2) is 12.6 Å². The first-order chi connectivity index (χ1) is 7.06. The van der Waals surface area contributed by atoms with Gasteiger partial charge in [-0.1, -0.05) is 36.2 Å². The molecule has 0 heterocycles. The van der Waals surface area contributed by atoms with Crippen molar-refractivity contribution in [2.24, 2.45) is 11.5 Å². The highest BCUT2D eigenvalue weighted by atomic mass is 35.5. The van der Waals surface area contributed by atoms with E-state index in [-0.39, 0.29) is 12.0 Å². The zero-order valence-corrected chi connectivity index (χ0v) is 10.2. The molecule has 2 unspecified atom stereocenters. The van der Waals surface area contributed by atoms with Crippen molar-refractivity contribution in [3.05, 3.63) is 33.8 Å². The summed E-state index contributed by atoms with van der Waals surface area (Å²) in [5, 5.41) is 1.14. The molecule has 0 saturated carbocycles. The minimum atomic E-state index is 0.0623. The molecule has 0 radical (unpaired) electrons. The summed E-state index contributed by atoms with van der Waals surface area (Å²) in [6.07, 6.45) is 0.807. The third-order valence-electron chi connectivity index (χ3n) is 2.61. The Hall–Kier alpha value is -0.280. The lowest BCUT2D eigenvalue weighted by molar-refractivity contribution is 0.535. The fraction of sp³-hybridized carbons (Fsp3) is 0.455. The quantitative estimate of drug-likeness (QED) is 0.859. The molecule has 4 N–H and O–H groups in total. The van der Waals surface area contributed by atoms with Crippen LogP contribution >= 0.6 is 23.2 Å². The Morgan fingerprint density at radius 2 is 1.93 bits per heavy atom. The summed E-state index contributed by atoms with van der Waals surface area (Å²) in [7, 11) is 0. The van der Waals surface area contributed by atoms with Crippen LogP contribution in [0.4, 0.5) is 0 Å². The lowest BCUT2D eigenvalue weighted by Gasteiger charge is -2.20. The molecule has 1 aromatic carbocycles. The average molecular weight is 247 g/mol. The highest BCUT2D eigenvalue weighted by molar-refractivity contribution is 6.42. The second-order valence-corrected chi connectivity index (χ2v) is 4.52. The van der Waals surface area contributed by atoms with Crippen molar-refractivity contribution in [3.63, 3.8) is 0 Å². The second kappa shape index (κ2) is 5.71. The summed E-state index contributed by atoms with van der Waals surface area (Å²) >= 11 is 11.8. The van der Waals surface area contributed by atoms with Crippen LogP contribution in [-0.2, 0) is 0 Å². The average Bonchev–Trinajstić information content (AvgIpc) is 2.21. The summed E-state index contributed by atoms with van der Waals surface area (Å²) in [4.78, 5) is 0. The van der Waals surface area contributed by atoms with E-state index in [0.717, 1.165) is 12.0 Å². The SMILES string of the molecule is CC(c1ccc(Cl)c(Cl)c1)C(N)CCN. The first-order valence-electron chi connectivity index (χ1n) is 4.97. The van der Waals surface area contributed by atoms with Gasteiger partial charge in [0.25, 0.3) is 0 Å². The van der Waals surface area contributed by atoms with Gasteiger partial charge in [0.2, 0.25) is 0 Å². The molecule has 0 aliphatic rings. The summed E-state index contributed by atoms with van der Waals surface area (Å²) in [6, 6.07) is 5.68. The normalized spacial score (nSPS) is 15.0. The Labute approximate surface area is 101 Å². The first-order valence-corrected chi connectivity index (χ1v) is 5.72. The third-order valence-corrected chi connectivity index (χ3v) is 3.35. The standard InChI is InChI=1S/C11H16Cl2N2/c1-7(11(15)4-5-14)8-2-3-9(12)10(13)6-8/h2-3,6-7,11H,4-5,14-15H2,1H3. The molecular weight excluding hydrogens is 231 g/mol. The van der Waals surface area contributed by atoms with E-state index < -0.39 is 0 Å². The topological polar surface area (TPSA) is 52.0 Å². The Bertz CT molecular complexity index is 328. The van der Waals surface area contributed by atoms with Crippen molar-refractivity contribution in [2.45, 2.75) is 25.3 Å². The van der Waals surface area contributed by atoms with Crippen LogP contribution in [0.5, 0.6) is 0 Å². The summed E-state index contributed by atoms with van der Waals surface area (Å²) in [6.45, 7) is 2.67. The predicted octanol–water partition coefficient (Wildman–Crippen LogP) is 2.77. The number of benzene rings is 1. The van der Waals surface area contributed by atoms with E-state index in [2.05, 4.69) is 6.92 Å². The van der Waals surface area contributed by atoms with Crippen molar-refractivity contribution in [1.29, 1.82) is 0 Å². The minimum Gasteiger partial charge on any atom is -0.330 e. The van der Waals surface area contributed by atoms with E-state index in [1.807, 2.05) is 12.1 Å². The maximum atomic E-state index is 5.99. The van der Waals surface area contributed by atoms with Crippen LogP contribution in [0.25, 0.3) is 0 Å². The number of nitrogens with two attached hydrogens (primary N) is 2. The number of hydrogen-bond acceptors (Lipinski definition) is 2. The van der Waals surface area contributed by atoms with Crippen LogP contribution in [0.1, 0.15) is 24.8 Å². The number of halogens is 2.